The molecule has 14 heavy (non-hydrogen) atoms. The van der Waals surface area contributed by atoms with E-state index in [0.29, 0.717) is 12.1 Å². The zero-order valence-corrected chi connectivity index (χ0v) is 9.68. The molecule has 2 N–H and O–H groups in total. The van der Waals surface area contributed by atoms with Crippen molar-refractivity contribution in [2.75, 3.05) is 6.54 Å². The van der Waals surface area contributed by atoms with Crippen molar-refractivity contribution in [1.29, 1.82) is 0 Å². The first-order chi connectivity index (χ1) is 6.47. The van der Waals surface area contributed by atoms with Crippen molar-refractivity contribution in [2.24, 2.45) is 5.41 Å². The summed E-state index contributed by atoms with van der Waals surface area (Å²) in [6.45, 7) is 9.18. The smallest absolute Gasteiger partial charge is 0.225 e. The molecule has 0 bridgehead atoms. The number of amides is 1. The van der Waals surface area contributed by atoms with Crippen LogP contribution in [0.15, 0.2) is 0 Å². The summed E-state index contributed by atoms with van der Waals surface area (Å²) >= 11 is 0. The van der Waals surface area contributed by atoms with Gasteiger partial charge in [-0.15, -0.1) is 0 Å². The van der Waals surface area contributed by atoms with E-state index in [4.69, 9.17) is 0 Å². The van der Waals surface area contributed by atoms with Crippen molar-refractivity contribution < 1.29 is 4.79 Å². The molecule has 1 heterocycles. The SMILES string of the molecule is CCC(C)(C)C(=O)NC1CCNC1C. The first-order valence-corrected chi connectivity index (χ1v) is 5.51. The highest BCUT2D eigenvalue weighted by molar-refractivity contribution is 5.82. The first kappa shape index (κ1) is 11.5. The van der Waals surface area contributed by atoms with Crippen molar-refractivity contribution >= 4 is 5.91 Å². The lowest BCUT2D eigenvalue weighted by Gasteiger charge is -2.25. The molecule has 1 aliphatic heterocycles. The molecule has 1 aliphatic rings. The minimum atomic E-state index is -0.234. The standard InChI is InChI=1S/C11H22N2O/c1-5-11(3,4)10(14)13-9-6-7-12-8(9)2/h8-9,12H,5-7H2,1-4H3,(H,13,14). The van der Waals surface area contributed by atoms with Gasteiger partial charge in [0.25, 0.3) is 0 Å². The van der Waals surface area contributed by atoms with Crippen molar-refractivity contribution in [1.82, 2.24) is 10.6 Å². The second-order valence-electron chi connectivity index (χ2n) is 4.85. The van der Waals surface area contributed by atoms with E-state index < -0.39 is 0 Å². The van der Waals surface area contributed by atoms with Gasteiger partial charge in [0, 0.05) is 17.5 Å². The topological polar surface area (TPSA) is 41.1 Å². The second-order valence-corrected chi connectivity index (χ2v) is 4.85. The summed E-state index contributed by atoms with van der Waals surface area (Å²) in [4.78, 5) is 11.9. The van der Waals surface area contributed by atoms with E-state index >= 15 is 0 Å². The third-order valence-electron chi connectivity index (χ3n) is 3.34. The predicted octanol–water partition coefficient (Wildman–Crippen LogP) is 1.29. The Kier molecular flexibility index (Phi) is 3.53. The lowest BCUT2D eigenvalue weighted by atomic mass is 9.88. The molecule has 3 heteroatoms. The molecule has 0 aromatic heterocycles. The van der Waals surface area contributed by atoms with Gasteiger partial charge in [-0.25, -0.2) is 0 Å². The number of nitrogens with one attached hydrogen (secondary N) is 2. The molecule has 0 aromatic rings. The van der Waals surface area contributed by atoms with E-state index in [-0.39, 0.29) is 11.3 Å². The Morgan fingerprint density at radius 1 is 1.57 bits per heavy atom. The van der Waals surface area contributed by atoms with E-state index in [0.717, 1.165) is 19.4 Å². The molecule has 1 saturated heterocycles. The van der Waals surface area contributed by atoms with Crippen LogP contribution in [-0.4, -0.2) is 24.5 Å². The molecule has 82 valence electrons. The maximum Gasteiger partial charge on any atom is 0.225 e. The zero-order valence-electron chi connectivity index (χ0n) is 9.68. The van der Waals surface area contributed by atoms with Crippen LogP contribution >= 0.6 is 0 Å². The number of hydrogen-bond donors (Lipinski definition) is 2. The molecule has 0 aromatic carbocycles. The van der Waals surface area contributed by atoms with E-state index in [1.807, 2.05) is 13.8 Å². The van der Waals surface area contributed by atoms with Gasteiger partial charge < -0.3 is 10.6 Å². The molecular weight excluding hydrogens is 176 g/mol. The van der Waals surface area contributed by atoms with Crippen LogP contribution < -0.4 is 10.6 Å². The van der Waals surface area contributed by atoms with Gasteiger partial charge in [0.1, 0.15) is 0 Å². The van der Waals surface area contributed by atoms with Crippen LogP contribution in [0.1, 0.15) is 40.5 Å². The minimum Gasteiger partial charge on any atom is -0.351 e. The summed E-state index contributed by atoms with van der Waals surface area (Å²) in [5, 5.41) is 6.45. The van der Waals surface area contributed by atoms with Gasteiger partial charge >= 0.3 is 0 Å². The van der Waals surface area contributed by atoms with Gasteiger partial charge in [-0.1, -0.05) is 20.8 Å². The predicted molar refractivity (Wildman–Crippen MR) is 58.1 cm³/mol. The zero-order chi connectivity index (χ0) is 10.8. The van der Waals surface area contributed by atoms with Gasteiger partial charge in [-0.05, 0) is 26.3 Å². The monoisotopic (exact) mass is 198 g/mol. The van der Waals surface area contributed by atoms with Gasteiger partial charge in [-0.3, -0.25) is 4.79 Å². The van der Waals surface area contributed by atoms with Crippen LogP contribution in [0.4, 0.5) is 0 Å². The molecule has 1 amide bonds. The van der Waals surface area contributed by atoms with Crippen LogP contribution in [0.2, 0.25) is 0 Å². The van der Waals surface area contributed by atoms with Crippen molar-refractivity contribution in [3.8, 4) is 0 Å². The summed E-state index contributed by atoms with van der Waals surface area (Å²) in [6, 6.07) is 0.722. The largest absolute Gasteiger partial charge is 0.351 e. The fraction of sp³-hybridized carbons (Fsp3) is 0.909. The molecule has 1 rings (SSSR count). The maximum absolute atomic E-state index is 11.9. The van der Waals surface area contributed by atoms with Gasteiger partial charge in [0.2, 0.25) is 5.91 Å². The molecular formula is C11H22N2O. The highest BCUT2D eigenvalue weighted by atomic mass is 16.2. The molecule has 0 spiro atoms. The molecule has 3 nitrogen and oxygen atoms in total. The van der Waals surface area contributed by atoms with E-state index in [1.165, 1.54) is 0 Å². The normalized spacial score (nSPS) is 27.7. The van der Waals surface area contributed by atoms with Crippen LogP contribution in [0.3, 0.4) is 0 Å². The van der Waals surface area contributed by atoms with Crippen molar-refractivity contribution in [3.05, 3.63) is 0 Å². The second kappa shape index (κ2) is 4.30. The Hall–Kier alpha value is -0.570. The number of carbonyl (C=O) groups is 1. The molecule has 0 radical (unpaired) electrons. The summed E-state index contributed by atoms with van der Waals surface area (Å²) in [7, 11) is 0. The van der Waals surface area contributed by atoms with Crippen LogP contribution in [-0.2, 0) is 4.79 Å². The average molecular weight is 198 g/mol. The Balaban J connectivity index is 2.48. The highest BCUT2D eigenvalue weighted by Gasteiger charge is 2.30. The Morgan fingerprint density at radius 2 is 2.21 bits per heavy atom. The van der Waals surface area contributed by atoms with Crippen LogP contribution in [0, 0.1) is 5.41 Å². The first-order valence-electron chi connectivity index (χ1n) is 5.51. The summed E-state index contributed by atoms with van der Waals surface area (Å²) in [6.07, 6.45) is 1.93. The summed E-state index contributed by atoms with van der Waals surface area (Å²) in [5.74, 6) is 0.181. The summed E-state index contributed by atoms with van der Waals surface area (Å²) in [5.41, 5.74) is -0.234. The quantitative estimate of drug-likeness (QED) is 0.717. The number of hydrogen-bond acceptors (Lipinski definition) is 2. The fourth-order valence-corrected chi connectivity index (χ4v) is 1.58. The molecule has 0 aliphatic carbocycles. The summed E-state index contributed by atoms with van der Waals surface area (Å²) < 4.78 is 0. The number of carbonyl (C=O) groups excluding carboxylic acids is 1. The Morgan fingerprint density at radius 3 is 2.64 bits per heavy atom. The van der Waals surface area contributed by atoms with E-state index in [9.17, 15) is 4.79 Å². The van der Waals surface area contributed by atoms with Gasteiger partial charge in [-0.2, -0.15) is 0 Å². The van der Waals surface area contributed by atoms with Gasteiger partial charge in [0.05, 0.1) is 0 Å². The van der Waals surface area contributed by atoms with Crippen molar-refractivity contribution in [2.45, 2.75) is 52.6 Å². The van der Waals surface area contributed by atoms with Crippen LogP contribution in [0.25, 0.3) is 0 Å². The van der Waals surface area contributed by atoms with Crippen LogP contribution in [0.5, 0.6) is 0 Å². The third kappa shape index (κ3) is 2.47. The molecule has 2 atom stereocenters. The Bertz CT molecular complexity index is 213. The van der Waals surface area contributed by atoms with Gasteiger partial charge in [0.15, 0.2) is 0 Å². The maximum atomic E-state index is 11.9. The lowest BCUT2D eigenvalue weighted by Crippen LogP contribution is -2.46. The molecule has 0 saturated carbocycles. The molecule has 1 fully saturated rings. The number of rotatable bonds is 3. The highest BCUT2D eigenvalue weighted by Crippen LogP contribution is 2.20. The molecule has 2 unspecified atom stereocenters. The average Bonchev–Trinajstić information content (AvgIpc) is 2.52. The minimum absolute atomic E-state index is 0.181. The van der Waals surface area contributed by atoms with Crippen molar-refractivity contribution in [3.63, 3.8) is 0 Å². The lowest BCUT2D eigenvalue weighted by molar-refractivity contribution is -0.130. The Labute approximate surface area is 86.6 Å². The van der Waals surface area contributed by atoms with E-state index in [1.54, 1.807) is 0 Å². The third-order valence-corrected chi connectivity index (χ3v) is 3.34. The fourth-order valence-electron chi connectivity index (χ4n) is 1.58. The van der Waals surface area contributed by atoms with E-state index in [2.05, 4.69) is 24.5 Å².